The molecule has 6 nitrogen and oxygen atoms in total. The number of fused-ring (bicyclic) bond motifs is 2. The summed E-state index contributed by atoms with van der Waals surface area (Å²) >= 11 is 6.26. The van der Waals surface area contributed by atoms with E-state index >= 15 is 0 Å². The molecule has 2 N–H and O–H groups in total. The van der Waals surface area contributed by atoms with Crippen LogP contribution in [0.1, 0.15) is 12.0 Å². The van der Waals surface area contributed by atoms with Crippen molar-refractivity contribution in [3.63, 3.8) is 0 Å². The van der Waals surface area contributed by atoms with Crippen LogP contribution in [0, 0.1) is 0 Å². The zero-order chi connectivity index (χ0) is 17.2. The molecule has 0 radical (unpaired) electrons. The number of anilines is 1. The van der Waals surface area contributed by atoms with Crippen LogP contribution < -0.4 is 14.8 Å². The molecule has 0 bridgehead atoms. The van der Waals surface area contributed by atoms with Crippen LogP contribution in [0.3, 0.4) is 0 Å². The average molecular weight is 358 g/mol. The monoisotopic (exact) mass is 357 g/mol. The van der Waals surface area contributed by atoms with Gasteiger partial charge in [0.15, 0.2) is 11.5 Å². The molecule has 1 aromatic heterocycles. The highest BCUT2D eigenvalue weighted by atomic mass is 35.5. The van der Waals surface area contributed by atoms with Crippen LogP contribution in [-0.2, 0) is 11.2 Å². The minimum atomic E-state index is -0.190. The molecule has 128 valence electrons. The molecule has 2 heterocycles. The number of imidazole rings is 1. The number of benzene rings is 2. The summed E-state index contributed by atoms with van der Waals surface area (Å²) in [6, 6.07) is 11.1. The van der Waals surface area contributed by atoms with Crippen LogP contribution >= 0.6 is 11.6 Å². The second-order valence-corrected chi connectivity index (χ2v) is 6.19. The van der Waals surface area contributed by atoms with E-state index in [9.17, 15) is 4.79 Å². The highest BCUT2D eigenvalue weighted by Gasteiger charge is 2.17. The zero-order valence-corrected chi connectivity index (χ0v) is 14.1. The molecule has 0 atom stereocenters. The van der Waals surface area contributed by atoms with E-state index in [-0.39, 0.29) is 12.3 Å². The van der Waals surface area contributed by atoms with E-state index in [0.29, 0.717) is 35.7 Å². The maximum Gasteiger partial charge on any atom is 0.231 e. The first-order chi connectivity index (χ1) is 12.2. The smallest absolute Gasteiger partial charge is 0.231 e. The molecule has 4 rings (SSSR count). The molecular weight excluding hydrogens is 342 g/mol. The largest absolute Gasteiger partial charge is 0.489 e. The molecule has 0 saturated heterocycles. The van der Waals surface area contributed by atoms with Gasteiger partial charge in [-0.05, 0) is 29.8 Å². The number of carbonyl (C=O) groups is 1. The van der Waals surface area contributed by atoms with Crippen LogP contribution in [-0.4, -0.2) is 29.1 Å². The van der Waals surface area contributed by atoms with E-state index in [2.05, 4.69) is 15.3 Å². The van der Waals surface area contributed by atoms with Crippen LogP contribution in [0.25, 0.3) is 11.0 Å². The first kappa shape index (κ1) is 15.8. The van der Waals surface area contributed by atoms with E-state index in [0.717, 1.165) is 23.0 Å². The third kappa shape index (κ3) is 3.39. The molecule has 7 heteroatoms. The van der Waals surface area contributed by atoms with Gasteiger partial charge in [0, 0.05) is 6.42 Å². The van der Waals surface area contributed by atoms with Crippen molar-refractivity contribution in [1.29, 1.82) is 0 Å². The molecule has 0 fully saturated rings. The molecule has 1 aliphatic heterocycles. The summed E-state index contributed by atoms with van der Waals surface area (Å²) in [5.74, 6) is 1.35. The van der Waals surface area contributed by atoms with Gasteiger partial charge in [0.2, 0.25) is 11.9 Å². The van der Waals surface area contributed by atoms with Gasteiger partial charge in [0.25, 0.3) is 0 Å². The summed E-state index contributed by atoms with van der Waals surface area (Å²) < 4.78 is 11.2. The summed E-state index contributed by atoms with van der Waals surface area (Å²) in [4.78, 5) is 19.7. The van der Waals surface area contributed by atoms with Gasteiger partial charge in [-0.2, -0.15) is 0 Å². The fraction of sp³-hybridized carbons (Fsp3) is 0.222. The number of halogens is 1. The number of hydrogen-bond acceptors (Lipinski definition) is 4. The van der Waals surface area contributed by atoms with Gasteiger partial charge in [0.05, 0.1) is 35.7 Å². The molecule has 3 aromatic rings. The second kappa shape index (κ2) is 6.64. The number of ether oxygens (including phenoxy) is 2. The standard InChI is InChI=1S/C18H16ClN3O3/c19-12-8-11(9-15-17(12)25-7-3-6-24-15)10-16(23)22-18-20-13-4-1-2-5-14(13)21-18/h1-2,4-5,8-9H,3,6-7,10H2,(H2,20,21,22,23). The van der Waals surface area contributed by atoms with Gasteiger partial charge in [0.1, 0.15) is 0 Å². The number of nitrogens with zero attached hydrogens (tertiary/aromatic N) is 1. The SMILES string of the molecule is O=C(Cc1cc(Cl)c2c(c1)OCCCO2)Nc1nc2ccccc2[nH]1. The topological polar surface area (TPSA) is 76.2 Å². The summed E-state index contributed by atoms with van der Waals surface area (Å²) in [5.41, 5.74) is 2.43. The summed E-state index contributed by atoms with van der Waals surface area (Å²) in [6.07, 6.45) is 0.959. The van der Waals surface area contributed by atoms with Crippen molar-refractivity contribution in [1.82, 2.24) is 9.97 Å². The lowest BCUT2D eigenvalue weighted by atomic mass is 10.1. The summed E-state index contributed by atoms with van der Waals surface area (Å²) in [6.45, 7) is 1.14. The Kier molecular flexibility index (Phi) is 4.19. The van der Waals surface area contributed by atoms with Crippen LogP contribution in [0.15, 0.2) is 36.4 Å². The van der Waals surface area contributed by atoms with E-state index in [1.165, 1.54) is 0 Å². The Hall–Kier alpha value is -2.73. The predicted octanol–water partition coefficient (Wildman–Crippen LogP) is 3.56. The Morgan fingerprint density at radius 3 is 2.96 bits per heavy atom. The van der Waals surface area contributed by atoms with Crippen molar-refractivity contribution >= 4 is 34.5 Å². The minimum absolute atomic E-state index is 0.160. The van der Waals surface area contributed by atoms with Crippen LogP contribution in [0.2, 0.25) is 5.02 Å². The highest BCUT2D eigenvalue weighted by molar-refractivity contribution is 6.32. The third-order valence-corrected chi connectivity index (χ3v) is 4.15. The Labute approximate surface area is 149 Å². The maximum atomic E-state index is 12.3. The molecule has 0 unspecified atom stereocenters. The lowest BCUT2D eigenvalue weighted by molar-refractivity contribution is -0.115. The predicted molar refractivity (Wildman–Crippen MR) is 95.5 cm³/mol. The third-order valence-electron chi connectivity index (χ3n) is 3.87. The van der Waals surface area contributed by atoms with E-state index in [1.54, 1.807) is 12.1 Å². The summed E-state index contributed by atoms with van der Waals surface area (Å²) in [5, 5.41) is 3.22. The van der Waals surface area contributed by atoms with Crippen molar-refractivity contribution in [2.45, 2.75) is 12.8 Å². The fourth-order valence-corrected chi connectivity index (χ4v) is 3.05. The van der Waals surface area contributed by atoms with Gasteiger partial charge in [-0.1, -0.05) is 23.7 Å². The molecule has 1 amide bonds. The van der Waals surface area contributed by atoms with Crippen LogP contribution in [0.4, 0.5) is 5.95 Å². The quantitative estimate of drug-likeness (QED) is 0.751. The maximum absolute atomic E-state index is 12.3. The first-order valence-electron chi connectivity index (χ1n) is 8.02. The van der Waals surface area contributed by atoms with Gasteiger partial charge in [-0.15, -0.1) is 0 Å². The number of carbonyl (C=O) groups excluding carboxylic acids is 1. The van der Waals surface area contributed by atoms with Crippen molar-refractivity contribution in [2.75, 3.05) is 18.5 Å². The Bertz CT molecular complexity index is 905. The number of aromatic amines is 1. The molecule has 2 aromatic carbocycles. The molecule has 25 heavy (non-hydrogen) atoms. The van der Waals surface area contributed by atoms with Crippen molar-refractivity contribution in [2.24, 2.45) is 0 Å². The normalized spacial score (nSPS) is 13.5. The number of rotatable bonds is 3. The molecular formula is C18H16ClN3O3. The fourth-order valence-electron chi connectivity index (χ4n) is 2.76. The Balaban J connectivity index is 1.50. The summed E-state index contributed by atoms with van der Waals surface area (Å²) in [7, 11) is 0. The number of aromatic nitrogens is 2. The van der Waals surface area contributed by atoms with Gasteiger partial charge >= 0.3 is 0 Å². The van der Waals surface area contributed by atoms with Gasteiger partial charge in [-0.25, -0.2) is 4.98 Å². The van der Waals surface area contributed by atoms with Crippen molar-refractivity contribution in [3.8, 4) is 11.5 Å². The number of amides is 1. The molecule has 1 aliphatic rings. The lowest BCUT2D eigenvalue weighted by Crippen LogP contribution is -2.15. The Morgan fingerprint density at radius 2 is 2.08 bits per heavy atom. The molecule has 0 spiro atoms. The molecule has 0 saturated carbocycles. The van der Waals surface area contributed by atoms with Gasteiger partial charge in [-0.3, -0.25) is 10.1 Å². The number of para-hydroxylation sites is 2. The average Bonchev–Trinajstić information content (AvgIpc) is 2.82. The number of H-pyrrole nitrogens is 1. The molecule has 0 aliphatic carbocycles. The number of nitrogens with one attached hydrogen (secondary N) is 2. The van der Waals surface area contributed by atoms with Crippen LogP contribution in [0.5, 0.6) is 11.5 Å². The van der Waals surface area contributed by atoms with E-state index in [1.807, 2.05) is 24.3 Å². The highest BCUT2D eigenvalue weighted by Crippen LogP contribution is 2.38. The minimum Gasteiger partial charge on any atom is -0.489 e. The first-order valence-corrected chi connectivity index (χ1v) is 8.39. The zero-order valence-electron chi connectivity index (χ0n) is 13.3. The lowest BCUT2D eigenvalue weighted by Gasteiger charge is -2.11. The Morgan fingerprint density at radius 1 is 1.24 bits per heavy atom. The second-order valence-electron chi connectivity index (χ2n) is 5.78. The van der Waals surface area contributed by atoms with E-state index in [4.69, 9.17) is 21.1 Å². The number of hydrogen-bond donors (Lipinski definition) is 2. The van der Waals surface area contributed by atoms with E-state index < -0.39 is 0 Å². The van der Waals surface area contributed by atoms with Gasteiger partial charge < -0.3 is 14.5 Å². The van der Waals surface area contributed by atoms with Crippen molar-refractivity contribution in [3.05, 3.63) is 47.0 Å². The van der Waals surface area contributed by atoms with Crippen molar-refractivity contribution < 1.29 is 14.3 Å².